The zero-order valence-corrected chi connectivity index (χ0v) is 18.3. The Morgan fingerprint density at radius 1 is 0.938 bits per heavy atom. The van der Waals surface area contributed by atoms with E-state index in [0.717, 1.165) is 16.3 Å². The zero-order chi connectivity index (χ0) is 22.6. The summed E-state index contributed by atoms with van der Waals surface area (Å²) in [6.45, 7) is 0.841. The molecule has 9 heteroatoms. The van der Waals surface area contributed by atoms with E-state index in [1.165, 1.54) is 22.8 Å². The summed E-state index contributed by atoms with van der Waals surface area (Å²) in [6.07, 6.45) is 3.02. The van der Waals surface area contributed by atoms with Gasteiger partial charge in [-0.1, -0.05) is 42.5 Å². The molecule has 2 amide bonds. The predicted octanol–water partition coefficient (Wildman–Crippen LogP) is 1.43. The van der Waals surface area contributed by atoms with E-state index >= 15 is 0 Å². The minimum absolute atomic E-state index is 0.112. The first kappa shape index (κ1) is 21.9. The SMILES string of the molecule is O=C(Cc1cccc2ccccc12)NCC(=O)N1CCN(S(=O)(=O)c2cccnc2)CC1. The Kier molecular flexibility index (Phi) is 6.48. The molecule has 0 aliphatic carbocycles. The molecule has 166 valence electrons. The highest BCUT2D eigenvalue weighted by atomic mass is 32.2. The summed E-state index contributed by atoms with van der Waals surface area (Å²) in [6, 6.07) is 16.7. The number of carbonyl (C=O) groups is 2. The third-order valence-electron chi connectivity index (χ3n) is 5.53. The van der Waals surface area contributed by atoms with Gasteiger partial charge in [-0.3, -0.25) is 14.6 Å². The van der Waals surface area contributed by atoms with Crippen LogP contribution >= 0.6 is 0 Å². The summed E-state index contributed by atoms with van der Waals surface area (Å²) in [5.74, 6) is -0.456. The standard InChI is InChI=1S/C23H24N4O4S/c28-22(15-19-7-3-6-18-5-1-2-9-21(18)19)25-17-23(29)26-11-13-27(14-12-26)32(30,31)20-8-4-10-24-16-20/h1-10,16H,11-15,17H2,(H,25,28). The molecule has 32 heavy (non-hydrogen) atoms. The van der Waals surface area contributed by atoms with Crippen molar-refractivity contribution in [3.63, 3.8) is 0 Å². The van der Waals surface area contributed by atoms with Gasteiger partial charge in [0.25, 0.3) is 0 Å². The van der Waals surface area contributed by atoms with Gasteiger partial charge in [-0.2, -0.15) is 4.31 Å². The molecule has 2 heterocycles. The Hall–Kier alpha value is -3.30. The highest BCUT2D eigenvalue weighted by Gasteiger charge is 2.30. The summed E-state index contributed by atoms with van der Waals surface area (Å²) >= 11 is 0. The van der Waals surface area contributed by atoms with Crippen LogP contribution in [0.15, 0.2) is 71.9 Å². The van der Waals surface area contributed by atoms with E-state index in [2.05, 4.69) is 10.3 Å². The Bertz CT molecular complexity index is 1220. The molecule has 1 fully saturated rings. The molecule has 1 aromatic heterocycles. The lowest BCUT2D eigenvalue weighted by Crippen LogP contribution is -2.52. The maximum Gasteiger partial charge on any atom is 0.244 e. The number of benzene rings is 2. The molecule has 4 rings (SSSR count). The number of hydrogen-bond donors (Lipinski definition) is 1. The Balaban J connectivity index is 1.28. The number of aromatic nitrogens is 1. The van der Waals surface area contributed by atoms with Crippen molar-refractivity contribution < 1.29 is 18.0 Å². The van der Waals surface area contributed by atoms with Crippen molar-refractivity contribution in [3.8, 4) is 0 Å². The molecule has 0 atom stereocenters. The number of piperazine rings is 1. The minimum atomic E-state index is -3.63. The Morgan fingerprint density at radius 3 is 2.44 bits per heavy atom. The number of rotatable bonds is 6. The molecule has 0 bridgehead atoms. The third kappa shape index (κ3) is 4.79. The van der Waals surface area contributed by atoms with Crippen LogP contribution in [-0.4, -0.2) is 67.1 Å². The van der Waals surface area contributed by atoms with Gasteiger partial charge in [-0.15, -0.1) is 0 Å². The van der Waals surface area contributed by atoms with Crippen LogP contribution in [0.3, 0.4) is 0 Å². The first-order valence-corrected chi connectivity index (χ1v) is 11.8. The summed E-state index contributed by atoms with van der Waals surface area (Å²) in [5.41, 5.74) is 0.905. The molecule has 0 spiro atoms. The maximum absolute atomic E-state index is 12.7. The van der Waals surface area contributed by atoms with Crippen LogP contribution in [0.5, 0.6) is 0 Å². The number of pyridine rings is 1. The number of fused-ring (bicyclic) bond motifs is 1. The zero-order valence-electron chi connectivity index (χ0n) is 17.5. The molecule has 2 aromatic carbocycles. The van der Waals surface area contributed by atoms with Gasteiger partial charge in [0, 0.05) is 38.6 Å². The number of nitrogens with zero attached hydrogens (tertiary/aromatic N) is 3. The molecule has 0 unspecified atom stereocenters. The van der Waals surface area contributed by atoms with Crippen molar-refractivity contribution in [2.75, 3.05) is 32.7 Å². The smallest absolute Gasteiger partial charge is 0.244 e. The van der Waals surface area contributed by atoms with E-state index in [1.54, 1.807) is 11.0 Å². The fraction of sp³-hybridized carbons (Fsp3) is 0.261. The van der Waals surface area contributed by atoms with Crippen LogP contribution in [0.25, 0.3) is 10.8 Å². The second-order valence-electron chi connectivity index (χ2n) is 7.57. The molecular weight excluding hydrogens is 428 g/mol. The van der Waals surface area contributed by atoms with Crippen molar-refractivity contribution in [2.45, 2.75) is 11.3 Å². The number of carbonyl (C=O) groups excluding carboxylic acids is 2. The van der Waals surface area contributed by atoms with Crippen LogP contribution in [0.1, 0.15) is 5.56 Å². The van der Waals surface area contributed by atoms with Gasteiger partial charge in [0.2, 0.25) is 21.8 Å². The van der Waals surface area contributed by atoms with E-state index in [-0.39, 0.29) is 55.9 Å². The second-order valence-corrected chi connectivity index (χ2v) is 9.50. The van der Waals surface area contributed by atoms with E-state index in [1.807, 2.05) is 42.5 Å². The summed E-state index contributed by atoms with van der Waals surface area (Å²) in [5, 5.41) is 4.77. The van der Waals surface area contributed by atoms with Crippen molar-refractivity contribution in [1.29, 1.82) is 0 Å². The van der Waals surface area contributed by atoms with Gasteiger partial charge in [0.05, 0.1) is 13.0 Å². The van der Waals surface area contributed by atoms with Gasteiger partial charge in [-0.25, -0.2) is 8.42 Å². The first-order chi connectivity index (χ1) is 15.4. The maximum atomic E-state index is 12.7. The van der Waals surface area contributed by atoms with Crippen LogP contribution in [0.4, 0.5) is 0 Å². The minimum Gasteiger partial charge on any atom is -0.347 e. The largest absolute Gasteiger partial charge is 0.347 e. The summed E-state index contributed by atoms with van der Waals surface area (Å²) < 4.78 is 26.7. The average molecular weight is 453 g/mol. The lowest BCUT2D eigenvalue weighted by Gasteiger charge is -2.34. The van der Waals surface area contributed by atoms with Gasteiger partial charge in [0.1, 0.15) is 4.90 Å². The number of amides is 2. The average Bonchev–Trinajstić information content (AvgIpc) is 2.83. The van der Waals surface area contributed by atoms with E-state index in [4.69, 9.17) is 0 Å². The predicted molar refractivity (Wildman–Crippen MR) is 120 cm³/mol. The van der Waals surface area contributed by atoms with Crippen LogP contribution in [0.2, 0.25) is 0 Å². The molecule has 3 aromatic rings. The van der Waals surface area contributed by atoms with Gasteiger partial charge >= 0.3 is 0 Å². The molecule has 1 N–H and O–H groups in total. The van der Waals surface area contributed by atoms with Crippen LogP contribution in [0, 0.1) is 0 Å². The fourth-order valence-electron chi connectivity index (χ4n) is 3.79. The van der Waals surface area contributed by atoms with E-state index in [0.29, 0.717) is 0 Å². The Labute approximate surface area is 186 Å². The molecule has 1 saturated heterocycles. The monoisotopic (exact) mass is 452 g/mol. The van der Waals surface area contributed by atoms with Crippen LogP contribution < -0.4 is 5.32 Å². The molecule has 0 saturated carbocycles. The second kappa shape index (κ2) is 9.46. The fourth-order valence-corrected chi connectivity index (χ4v) is 5.18. The number of sulfonamides is 1. The van der Waals surface area contributed by atoms with Crippen LogP contribution in [-0.2, 0) is 26.0 Å². The van der Waals surface area contributed by atoms with Gasteiger partial charge in [0.15, 0.2) is 0 Å². The lowest BCUT2D eigenvalue weighted by atomic mass is 10.0. The lowest BCUT2D eigenvalue weighted by molar-refractivity contribution is -0.133. The summed E-state index contributed by atoms with van der Waals surface area (Å²) in [7, 11) is -3.63. The summed E-state index contributed by atoms with van der Waals surface area (Å²) in [4.78, 5) is 30.5. The molecule has 1 aliphatic rings. The molecule has 0 radical (unpaired) electrons. The highest BCUT2D eigenvalue weighted by molar-refractivity contribution is 7.89. The van der Waals surface area contributed by atoms with E-state index in [9.17, 15) is 18.0 Å². The first-order valence-electron chi connectivity index (χ1n) is 10.4. The number of nitrogens with one attached hydrogen (secondary N) is 1. The third-order valence-corrected chi connectivity index (χ3v) is 7.41. The van der Waals surface area contributed by atoms with Crippen molar-refractivity contribution in [1.82, 2.24) is 19.5 Å². The quantitative estimate of drug-likeness (QED) is 0.610. The molecular formula is C23H24N4O4S. The molecule has 8 nitrogen and oxygen atoms in total. The topological polar surface area (TPSA) is 99.7 Å². The van der Waals surface area contributed by atoms with Crippen molar-refractivity contribution >= 4 is 32.6 Å². The molecule has 1 aliphatic heterocycles. The van der Waals surface area contributed by atoms with Crippen molar-refractivity contribution in [2.24, 2.45) is 0 Å². The highest BCUT2D eigenvalue weighted by Crippen LogP contribution is 2.19. The van der Waals surface area contributed by atoms with Gasteiger partial charge < -0.3 is 10.2 Å². The van der Waals surface area contributed by atoms with E-state index < -0.39 is 10.0 Å². The normalized spacial score (nSPS) is 14.9. The Morgan fingerprint density at radius 2 is 1.69 bits per heavy atom. The number of hydrogen-bond acceptors (Lipinski definition) is 5. The van der Waals surface area contributed by atoms with Gasteiger partial charge in [-0.05, 0) is 28.5 Å². The van der Waals surface area contributed by atoms with Crippen molar-refractivity contribution in [3.05, 3.63) is 72.6 Å².